The number of nitrogens with zero attached hydrogens (tertiary/aromatic N) is 2. The molecular formula is C29H30N2O4. The zero-order valence-electron chi connectivity index (χ0n) is 20.7. The van der Waals surface area contributed by atoms with Crippen molar-refractivity contribution in [3.8, 4) is 5.75 Å². The quantitative estimate of drug-likeness (QED) is 0.310. The molecule has 1 aliphatic heterocycles. The summed E-state index contributed by atoms with van der Waals surface area (Å²) in [5, 5.41) is 11.4. The fourth-order valence-corrected chi connectivity index (χ4v) is 4.42. The standard InChI is InChI=1S/C29H30N2O4/c1-18-15-22(35-5)12-13-23(18)26(32)24-25(20-8-10-21(11-9-20)29(2,3)4)31(28(34)27(24)33)17-19-7-6-14-30-16-19/h6-16,25,32H,17H2,1-5H3/t25-/m0/s1. The van der Waals surface area contributed by atoms with E-state index >= 15 is 0 Å². The van der Waals surface area contributed by atoms with Crippen LogP contribution in [0.3, 0.4) is 0 Å². The van der Waals surface area contributed by atoms with E-state index in [2.05, 4.69) is 25.8 Å². The molecule has 2 heterocycles. The molecule has 180 valence electrons. The third-order valence-corrected chi connectivity index (χ3v) is 6.40. The van der Waals surface area contributed by atoms with Crippen molar-refractivity contribution in [2.75, 3.05) is 7.11 Å². The molecule has 2 aromatic carbocycles. The van der Waals surface area contributed by atoms with Crippen molar-refractivity contribution in [2.24, 2.45) is 0 Å². The Balaban J connectivity index is 1.87. The smallest absolute Gasteiger partial charge is 0.295 e. The Morgan fingerprint density at radius 3 is 2.37 bits per heavy atom. The molecule has 6 nitrogen and oxygen atoms in total. The van der Waals surface area contributed by atoms with Crippen molar-refractivity contribution >= 4 is 17.4 Å². The molecule has 6 heteroatoms. The number of rotatable bonds is 5. The Hall–Kier alpha value is -3.93. The van der Waals surface area contributed by atoms with Crippen LogP contribution >= 0.6 is 0 Å². The molecule has 1 amide bonds. The summed E-state index contributed by atoms with van der Waals surface area (Å²) in [7, 11) is 1.57. The van der Waals surface area contributed by atoms with E-state index in [4.69, 9.17) is 4.74 Å². The minimum atomic E-state index is -0.731. The van der Waals surface area contributed by atoms with Crippen LogP contribution in [0, 0.1) is 6.92 Å². The van der Waals surface area contributed by atoms with Gasteiger partial charge in [-0.3, -0.25) is 14.6 Å². The summed E-state index contributed by atoms with van der Waals surface area (Å²) in [6.45, 7) is 8.41. The first-order chi connectivity index (χ1) is 16.6. The number of likely N-dealkylation sites (tertiary alicyclic amines) is 1. The predicted molar refractivity (Wildman–Crippen MR) is 135 cm³/mol. The number of ketones is 1. The summed E-state index contributed by atoms with van der Waals surface area (Å²) in [4.78, 5) is 32.2. The van der Waals surface area contributed by atoms with Gasteiger partial charge in [0.2, 0.25) is 0 Å². The fourth-order valence-electron chi connectivity index (χ4n) is 4.42. The topological polar surface area (TPSA) is 79.7 Å². The molecule has 4 rings (SSSR count). The molecule has 35 heavy (non-hydrogen) atoms. The van der Waals surface area contributed by atoms with Gasteiger partial charge in [-0.15, -0.1) is 0 Å². The molecular weight excluding hydrogens is 440 g/mol. The van der Waals surface area contributed by atoms with Crippen LogP contribution in [0.15, 0.2) is 72.6 Å². The van der Waals surface area contributed by atoms with Gasteiger partial charge in [-0.25, -0.2) is 0 Å². The van der Waals surface area contributed by atoms with E-state index < -0.39 is 17.7 Å². The number of methoxy groups -OCH3 is 1. The molecule has 0 bridgehead atoms. The number of aryl methyl sites for hydroxylation is 1. The lowest BCUT2D eigenvalue weighted by molar-refractivity contribution is -0.140. The van der Waals surface area contributed by atoms with E-state index in [1.165, 1.54) is 4.90 Å². The molecule has 1 aromatic heterocycles. The van der Waals surface area contributed by atoms with E-state index in [9.17, 15) is 14.7 Å². The van der Waals surface area contributed by atoms with Gasteiger partial charge < -0.3 is 14.7 Å². The lowest BCUT2D eigenvalue weighted by Gasteiger charge is -2.26. The van der Waals surface area contributed by atoms with Crippen molar-refractivity contribution in [1.29, 1.82) is 0 Å². The molecule has 1 aliphatic rings. The number of pyridine rings is 1. The van der Waals surface area contributed by atoms with Crippen LogP contribution in [-0.4, -0.2) is 33.8 Å². The summed E-state index contributed by atoms with van der Waals surface area (Å²) in [5.41, 5.74) is 3.95. The molecule has 0 unspecified atom stereocenters. The molecule has 1 fully saturated rings. The molecule has 0 aliphatic carbocycles. The van der Waals surface area contributed by atoms with Crippen LogP contribution in [-0.2, 0) is 21.5 Å². The van der Waals surface area contributed by atoms with E-state index in [-0.39, 0.29) is 23.3 Å². The number of aliphatic hydroxyl groups is 1. The second kappa shape index (κ2) is 9.37. The van der Waals surface area contributed by atoms with Crippen molar-refractivity contribution in [3.05, 3.63) is 100 Å². The highest BCUT2D eigenvalue weighted by Gasteiger charge is 2.46. The van der Waals surface area contributed by atoms with Gasteiger partial charge in [0.05, 0.1) is 18.7 Å². The second-order valence-electron chi connectivity index (χ2n) is 9.84. The van der Waals surface area contributed by atoms with Crippen LogP contribution in [0.25, 0.3) is 5.76 Å². The summed E-state index contributed by atoms with van der Waals surface area (Å²) in [6, 6.07) is 16.0. The van der Waals surface area contributed by atoms with E-state index in [1.807, 2.05) is 37.3 Å². The maximum atomic E-state index is 13.3. The summed E-state index contributed by atoms with van der Waals surface area (Å²) < 4.78 is 5.27. The Bertz CT molecular complexity index is 1290. The molecule has 3 aromatic rings. The lowest BCUT2D eigenvalue weighted by atomic mass is 9.85. The normalized spacial score (nSPS) is 17.6. The predicted octanol–water partition coefficient (Wildman–Crippen LogP) is 5.32. The van der Waals surface area contributed by atoms with Crippen LogP contribution in [0.5, 0.6) is 5.75 Å². The summed E-state index contributed by atoms with van der Waals surface area (Å²) in [5.74, 6) is -0.898. The van der Waals surface area contributed by atoms with Crippen molar-refractivity contribution in [1.82, 2.24) is 9.88 Å². The SMILES string of the molecule is COc1ccc(C(O)=C2C(=O)C(=O)N(Cc3cccnc3)[C@H]2c2ccc(C(C)(C)C)cc2)c(C)c1. The Morgan fingerprint density at radius 2 is 1.80 bits per heavy atom. The largest absolute Gasteiger partial charge is 0.507 e. The van der Waals surface area contributed by atoms with E-state index in [0.717, 1.165) is 22.3 Å². The molecule has 1 atom stereocenters. The Morgan fingerprint density at radius 1 is 1.09 bits per heavy atom. The number of amides is 1. The number of ether oxygens (including phenoxy) is 1. The lowest BCUT2D eigenvalue weighted by Crippen LogP contribution is -2.29. The monoisotopic (exact) mass is 470 g/mol. The van der Waals surface area contributed by atoms with Crippen LogP contribution < -0.4 is 4.74 Å². The second-order valence-corrected chi connectivity index (χ2v) is 9.84. The molecule has 0 radical (unpaired) electrons. The van der Waals surface area contributed by atoms with Crippen molar-refractivity contribution in [3.63, 3.8) is 0 Å². The maximum Gasteiger partial charge on any atom is 0.295 e. The highest BCUT2D eigenvalue weighted by Crippen LogP contribution is 2.41. The zero-order valence-corrected chi connectivity index (χ0v) is 20.7. The van der Waals surface area contributed by atoms with Gasteiger partial charge in [-0.2, -0.15) is 0 Å². The average molecular weight is 471 g/mol. The van der Waals surface area contributed by atoms with Crippen LogP contribution in [0.4, 0.5) is 0 Å². The fraction of sp³-hybridized carbons (Fsp3) is 0.276. The number of aromatic nitrogens is 1. The highest BCUT2D eigenvalue weighted by atomic mass is 16.5. The van der Waals surface area contributed by atoms with Gasteiger partial charge in [0.1, 0.15) is 11.5 Å². The number of carbonyl (C=O) groups excluding carboxylic acids is 2. The third kappa shape index (κ3) is 4.69. The number of Topliss-reactive ketones (excluding diaryl/α,β-unsaturated/α-hetero) is 1. The summed E-state index contributed by atoms with van der Waals surface area (Å²) >= 11 is 0. The van der Waals surface area contributed by atoms with E-state index in [0.29, 0.717) is 11.3 Å². The van der Waals surface area contributed by atoms with Gasteiger partial charge in [0.15, 0.2) is 0 Å². The molecule has 1 saturated heterocycles. The minimum Gasteiger partial charge on any atom is -0.507 e. The molecule has 1 N–H and O–H groups in total. The highest BCUT2D eigenvalue weighted by molar-refractivity contribution is 6.46. The number of hydrogen-bond acceptors (Lipinski definition) is 5. The first-order valence-electron chi connectivity index (χ1n) is 11.5. The number of hydrogen-bond donors (Lipinski definition) is 1. The van der Waals surface area contributed by atoms with Gasteiger partial charge in [0.25, 0.3) is 11.7 Å². The Kier molecular flexibility index (Phi) is 6.48. The molecule has 0 spiro atoms. The number of benzene rings is 2. The minimum absolute atomic E-state index is 0.0454. The van der Waals surface area contributed by atoms with Crippen molar-refractivity contribution < 1.29 is 19.4 Å². The summed E-state index contributed by atoms with van der Waals surface area (Å²) in [6.07, 6.45) is 3.33. The molecule has 0 saturated carbocycles. The first kappa shape index (κ1) is 24.2. The number of carbonyl (C=O) groups is 2. The third-order valence-electron chi connectivity index (χ3n) is 6.40. The van der Waals surface area contributed by atoms with Gasteiger partial charge in [-0.1, -0.05) is 51.1 Å². The van der Waals surface area contributed by atoms with Crippen LogP contribution in [0.2, 0.25) is 0 Å². The van der Waals surface area contributed by atoms with Crippen LogP contribution in [0.1, 0.15) is 54.6 Å². The first-order valence-corrected chi connectivity index (χ1v) is 11.5. The maximum absolute atomic E-state index is 13.3. The van der Waals surface area contributed by atoms with Crippen molar-refractivity contribution in [2.45, 2.75) is 45.7 Å². The number of aliphatic hydroxyl groups excluding tert-OH is 1. The van der Waals surface area contributed by atoms with Gasteiger partial charge in [0, 0.05) is 24.5 Å². The van der Waals surface area contributed by atoms with Gasteiger partial charge in [-0.05, 0) is 58.9 Å². The van der Waals surface area contributed by atoms with E-state index in [1.54, 1.807) is 43.8 Å². The average Bonchev–Trinajstić information content (AvgIpc) is 3.08. The van der Waals surface area contributed by atoms with Gasteiger partial charge >= 0.3 is 0 Å². The zero-order chi connectivity index (χ0) is 25.3. The Labute approximate surface area is 205 Å².